The van der Waals surface area contributed by atoms with E-state index >= 15 is 0 Å². The van der Waals surface area contributed by atoms with Crippen LogP contribution in [0.5, 0.6) is 0 Å². The number of non-ortho nitro benzene ring substituents is 1. The van der Waals surface area contributed by atoms with Crippen LogP contribution in [0.25, 0.3) is 11.4 Å². The molecule has 0 saturated carbocycles. The predicted octanol–water partition coefficient (Wildman–Crippen LogP) is 5.74. The Balaban J connectivity index is 1.57. The molecule has 34 heavy (non-hydrogen) atoms. The highest BCUT2D eigenvalue weighted by molar-refractivity contribution is 6.33. The summed E-state index contributed by atoms with van der Waals surface area (Å²) in [5.74, 6) is 0.359. The molecule has 0 aliphatic heterocycles. The van der Waals surface area contributed by atoms with Crippen LogP contribution in [-0.2, 0) is 6.42 Å². The molecule has 0 fully saturated rings. The smallest absolute Gasteiger partial charge is 0.270 e. The molecule has 1 atom stereocenters. The highest BCUT2D eigenvalue weighted by Crippen LogP contribution is 2.26. The van der Waals surface area contributed by atoms with E-state index in [0.29, 0.717) is 35.0 Å². The molecule has 4 rings (SSSR count). The van der Waals surface area contributed by atoms with Gasteiger partial charge in [-0.15, -0.1) is 0 Å². The minimum absolute atomic E-state index is 0.0583. The number of hydrogen-bond donors (Lipinski definition) is 0. The van der Waals surface area contributed by atoms with Crippen molar-refractivity contribution in [3.63, 3.8) is 0 Å². The summed E-state index contributed by atoms with van der Waals surface area (Å²) in [5.41, 5.74) is 1.81. The van der Waals surface area contributed by atoms with E-state index in [1.165, 1.54) is 12.1 Å². The molecule has 0 aliphatic carbocycles. The fourth-order valence-corrected chi connectivity index (χ4v) is 3.84. The Morgan fingerprint density at radius 1 is 1.09 bits per heavy atom. The summed E-state index contributed by atoms with van der Waals surface area (Å²) in [6.45, 7) is 2.25. The van der Waals surface area contributed by atoms with Gasteiger partial charge in [0, 0.05) is 30.7 Å². The number of hydrogen-bond acceptors (Lipinski definition) is 6. The molecule has 9 heteroatoms. The Bertz CT molecular complexity index is 1310. The van der Waals surface area contributed by atoms with Gasteiger partial charge in [0.1, 0.15) is 0 Å². The number of aromatic nitrogens is 2. The molecule has 0 unspecified atom stereocenters. The van der Waals surface area contributed by atoms with Gasteiger partial charge in [-0.1, -0.05) is 71.4 Å². The third-order valence-electron chi connectivity index (χ3n) is 5.46. The van der Waals surface area contributed by atoms with Crippen molar-refractivity contribution in [1.82, 2.24) is 15.0 Å². The molecule has 1 aromatic heterocycles. The molecule has 3 aromatic carbocycles. The molecule has 0 bridgehead atoms. The van der Waals surface area contributed by atoms with Crippen LogP contribution in [0.4, 0.5) is 5.69 Å². The molecule has 172 valence electrons. The summed E-state index contributed by atoms with van der Waals surface area (Å²) in [5, 5.41) is 15.4. The van der Waals surface area contributed by atoms with Crippen LogP contribution in [-0.4, -0.2) is 32.4 Å². The Morgan fingerprint density at radius 3 is 2.56 bits per heavy atom. The summed E-state index contributed by atoms with van der Waals surface area (Å²) in [4.78, 5) is 30.1. The van der Waals surface area contributed by atoms with Crippen LogP contribution in [0, 0.1) is 10.1 Å². The number of carbonyl (C=O) groups is 1. The minimum atomic E-state index is -0.479. The number of halogens is 1. The van der Waals surface area contributed by atoms with Crippen molar-refractivity contribution in [1.29, 1.82) is 0 Å². The number of nitrogens with zero attached hydrogens (tertiary/aromatic N) is 4. The highest BCUT2D eigenvalue weighted by Gasteiger charge is 2.25. The third-order valence-corrected chi connectivity index (χ3v) is 5.79. The molecular weight excluding hydrogens is 456 g/mol. The Kier molecular flexibility index (Phi) is 6.98. The van der Waals surface area contributed by atoms with Gasteiger partial charge in [-0.25, -0.2) is 0 Å². The van der Waals surface area contributed by atoms with Gasteiger partial charge in [0.05, 0.1) is 21.6 Å². The number of nitro benzene ring substituents is 1. The van der Waals surface area contributed by atoms with Crippen molar-refractivity contribution in [2.75, 3.05) is 6.54 Å². The van der Waals surface area contributed by atoms with E-state index in [9.17, 15) is 14.9 Å². The lowest BCUT2D eigenvalue weighted by Crippen LogP contribution is -2.35. The molecule has 4 aromatic rings. The lowest BCUT2D eigenvalue weighted by molar-refractivity contribution is -0.384. The van der Waals surface area contributed by atoms with Crippen molar-refractivity contribution in [2.45, 2.75) is 19.4 Å². The molecule has 1 heterocycles. The minimum Gasteiger partial charge on any atom is -0.339 e. The van der Waals surface area contributed by atoms with Crippen molar-refractivity contribution in [3.05, 3.63) is 111 Å². The average molecular weight is 477 g/mol. The first kappa shape index (κ1) is 23.1. The summed E-state index contributed by atoms with van der Waals surface area (Å²) < 4.78 is 5.37. The average Bonchev–Trinajstić information content (AvgIpc) is 3.34. The molecule has 0 N–H and O–H groups in total. The predicted molar refractivity (Wildman–Crippen MR) is 127 cm³/mol. The summed E-state index contributed by atoms with van der Waals surface area (Å²) >= 11 is 6.30. The second-order valence-corrected chi connectivity index (χ2v) is 8.04. The molecule has 1 amide bonds. The maximum absolute atomic E-state index is 13.4. The standard InChI is InChI=1S/C25H21ClN4O4/c1-17(18-8-3-2-4-9-18)29(25(31)21-12-5-6-13-22(21)26)15-14-23-27-24(28-34-23)19-10-7-11-20(16-19)30(32)33/h2-13,16-17H,14-15H2,1H3/t17-/m1/s1. The lowest BCUT2D eigenvalue weighted by Gasteiger charge is -2.29. The van der Waals surface area contributed by atoms with E-state index < -0.39 is 4.92 Å². The van der Waals surface area contributed by atoms with Gasteiger partial charge >= 0.3 is 0 Å². The second kappa shape index (κ2) is 10.3. The first-order valence-corrected chi connectivity index (χ1v) is 11.0. The van der Waals surface area contributed by atoms with Crippen LogP contribution >= 0.6 is 11.6 Å². The fraction of sp³-hybridized carbons (Fsp3) is 0.160. The topological polar surface area (TPSA) is 102 Å². The van der Waals surface area contributed by atoms with E-state index in [2.05, 4.69) is 10.1 Å². The molecule has 0 saturated heterocycles. The van der Waals surface area contributed by atoms with E-state index in [1.807, 2.05) is 37.3 Å². The second-order valence-electron chi connectivity index (χ2n) is 7.63. The van der Waals surface area contributed by atoms with Crippen LogP contribution in [0.1, 0.15) is 34.8 Å². The van der Waals surface area contributed by atoms with Crippen molar-refractivity contribution in [2.24, 2.45) is 0 Å². The number of carbonyl (C=O) groups excluding carboxylic acids is 1. The fourth-order valence-electron chi connectivity index (χ4n) is 3.62. The van der Waals surface area contributed by atoms with Crippen LogP contribution in [0.3, 0.4) is 0 Å². The Morgan fingerprint density at radius 2 is 1.82 bits per heavy atom. The van der Waals surface area contributed by atoms with E-state index in [0.717, 1.165) is 5.56 Å². The SMILES string of the molecule is C[C@H](c1ccccc1)N(CCc1nc(-c2cccc([N+](=O)[O-])c2)no1)C(=O)c1ccccc1Cl. The van der Waals surface area contributed by atoms with Crippen molar-refractivity contribution < 1.29 is 14.2 Å². The monoisotopic (exact) mass is 476 g/mol. The van der Waals surface area contributed by atoms with E-state index in [1.54, 1.807) is 41.3 Å². The summed E-state index contributed by atoms with van der Waals surface area (Å²) in [7, 11) is 0. The van der Waals surface area contributed by atoms with Gasteiger partial charge in [0.25, 0.3) is 11.6 Å². The maximum Gasteiger partial charge on any atom is 0.270 e. The Labute approximate surface area is 200 Å². The largest absolute Gasteiger partial charge is 0.339 e. The zero-order valence-corrected chi connectivity index (χ0v) is 19.1. The quantitative estimate of drug-likeness (QED) is 0.237. The van der Waals surface area contributed by atoms with Crippen molar-refractivity contribution >= 4 is 23.2 Å². The van der Waals surface area contributed by atoms with Gasteiger partial charge < -0.3 is 9.42 Å². The third kappa shape index (κ3) is 5.13. The summed E-state index contributed by atoms with van der Waals surface area (Å²) in [6.07, 6.45) is 0.301. The number of rotatable bonds is 8. The zero-order chi connectivity index (χ0) is 24.1. The first-order valence-electron chi connectivity index (χ1n) is 10.6. The summed E-state index contributed by atoms with van der Waals surface area (Å²) in [6, 6.07) is 22.4. The maximum atomic E-state index is 13.4. The molecule has 0 spiro atoms. The Hall–Kier alpha value is -4.04. The van der Waals surface area contributed by atoms with Crippen molar-refractivity contribution in [3.8, 4) is 11.4 Å². The highest BCUT2D eigenvalue weighted by atomic mass is 35.5. The normalized spacial score (nSPS) is 11.7. The first-order chi connectivity index (χ1) is 16.4. The molecule has 0 radical (unpaired) electrons. The van der Waals surface area contributed by atoms with Gasteiger partial charge in [-0.05, 0) is 24.6 Å². The van der Waals surface area contributed by atoms with Crippen LogP contribution in [0.2, 0.25) is 5.02 Å². The lowest BCUT2D eigenvalue weighted by atomic mass is 10.0. The van der Waals surface area contributed by atoms with E-state index in [-0.39, 0.29) is 23.5 Å². The number of amides is 1. The van der Waals surface area contributed by atoms with Crippen LogP contribution in [0.15, 0.2) is 83.4 Å². The van der Waals surface area contributed by atoms with Gasteiger partial charge in [0.15, 0.2) is 0 Å². The number of nitro groups is 1. The van der Waals surface area contributed by atoms with Gasteiger partial charge in [-0.3, -0.25) is 14.9 Å². The molecular formula is C25H21ClN4O4. The van der Waals surface area contributed by atoms with Gasteiger partial charge in [-0.2, -0.15) is 4.98 Å². The van der Waals surface area contributed by atoms with E-state index in [4.69, 9.17) is 16.1 Å². The van der Waals surface area contributed by atoms with Gasteiger partial charge in [0.2, 0.25) is 11.7 Å². The molecule has 0 aliphatic rings. The zero-order valence-electron chi connectivity index (χ0n) is 18.3. The number of benzene rings is 3. The molecule has 8 nitrogen and oxygen atoms in total. The van der Waals surface area contributed by atoms with Crippen LogP contribution < -0.4 is 0 Å².